The molecule has 2 amide bonds. The molecule has 9 heteroatoms. The number of aromatic nitrogens is 3. The molecule has 0 radical (unpaired) electrons. The molecule has 1 aromatic heterocycles. The molecule has 2 heterocycles. The van der Waals surface area contributed by atoms with Gasteiger partial charge in [0.25, 0.3) is 0 Å². The van der Waals surface area contributed by atoms with Crippen LogP contribution in [0.15, 0.2) is 30.5 Å². The Balaban J connectivity index is 2.07. The van der Waals surface area contributed by atoms with Crippen LogP contribution in [0.4, 0.5) is 0 Å². The van der Waals surface area contributed by atoms with Crippen molar-refractivity contribution in [1.82, 2.24) is 19.7 Å². The minimum Gasteiger partial charge on any atom is -0.376 e. The molecule has 0 aliphatic carbocycles. The Morgan fingerprint density at radius 2 is 2.07 bits per heavy atom. The van der Waals surface area contributed by atoms with Crippen LogP contribution in [-0.2, 0) is 27.3 Å². The zero-order chi connectivity index (χ0) is 19.6. The summed E-state index contributed by atoms with van der Waals surface area (Å²) in [6.07, 6.45) is 6.11. The SMILES string of the molecule is C=CCN(CC=C)C(=O)CSc1nnc(CCC(N)=O)n1C[C@H]1CCCO1. The molecule has 27 heavy (non-hydrogen) atoms. The summed E-state index contributed by atoms with van der Waals surface area (Å²) in [4.78, 5) is 25.2. The fourth-order valence-corrected chi connectivity index (χ4v) is 3.70. The Morgan fingerprint density at radius 3 is 2.67 bits per heavy atom. The van der Waals surface area contributed by atoms with Crippen molar-refractivity contribution in [2.24, 2.45) is 5.73 Å². The molecule has 1 aromatic rings. The molecule has 0 aromatic carbocycles. The molecule has 1 aliphatic heterocycles. The highest BCUT2D eigenvalue weighted by Crippen LogP contribution is 2.22. The summed E-state index contributed by atoms with van der Waals surface area (Å²) in [6, 6.07) is 0. The molecule has 148 valence electrons. The van der Waals surface area contributed by atoms with Crippen LogP contribution in [0.1, 0.15) is 25.1 Å². The fourth-order valence-electron chi connectivity index (χ4n) is 2.83. The van der Waals surface area contributed by atoms with Crippen molar-refractivity contribution in [2.75, 3.05) is 25.4 Å². The molecule has 0 bridgehead atoms. The Morgan fingerprint density at radius 1 is 1.33 bits per heavy atom. The number of nitrogens with two attached hydrogens (primary N) is 1. The molecule has 0 saturated carbocycles. The lowest BCUT2D eigenvalue weighted by Gasteiger charge is -2.19. The average molecular weight is 394 g/mol. The van der Waals surface area contributed by atoms with Crippen molar-refractivity contribution in [1.29, 1.82) is 0 Å². The van der Waals surface area contributed by atoms with Crippen molar-refractivity contribution >= 4 is 23.6 Å². The van der Waals surface area contributed by atoms with E-state index in [-0.39, 0.29) is 30.1 Å². The largest absolute Gasteiger partial charge is 0.376 e. The highest BCUT2D eigenvalue weighted by molar-refractivity contribution is 7.99. The number of nitrogens with zero attached hydrogens (tertiary/aromatic N) is 4. The van der Waals surface area contributed by atoms with Crippen LogP contribution in [-0.4, -0.2) is 63.0 Å². The summed E-state index contributed by atoms with van der Waals surface area (Å²) >= 11 is 1.33. The number of thioether (sulfide) groups is 1. The Bertz CT molecular complexity index is 660. The van der Waals surface area contributed by atoms with Gasteiger partial charge in [0.15, 0.2) is 5.16 Å². The molecular formula is C18H27N5O3S. The summed E-state index contributed by atoms with van der Waals surface area (Å²) in [6.45, 7) is 9.66. The van der Waals surface area contributed by atoms with E-state index in [1.807, 2.05) is 4.57 Å². The number of hydrogen-bond acceptors (Lipinski definition) is 6. The van der Waals surface area contributed by atoms with E-state index in [4.69, 9.17) is 10.5 Å². The van der Waals surface area contributed by atoms with Crippen LogP contribution >= 0.6 is 11.8 Å². The number of rotatable bonds is 12. The minimum atomic E-state index is -0.379. The molecule has 1 fully saturated rings. The standard InChI is InChI=1S/C18H27N5O3S/c1-3-9-22(10-4-2)17(25)13-27-18-21-20-16(8-7-15(19)24)23(18)12-14-6-5-11-26-14/h3-4,14H,1-2,5-13H2,(H2,19,24)/t14-/m1/s1. The lowest BCUT2D eigenvalue weighted by Crippen LogP contribution is -2.32. The van der Waals surface area contributed by atoms with Crippen LogP contribution in [0.2, 0.25) is 0 Å². The predicted octanol–water partition coefficient (Wildman–Crippen LogP) is 1.17. The topological polar surface area (TPSA) is 103 Å². The lowest BCUT2D eigenvalue weighted by molar-refractivity contribution is -0.127. The molecule has 0 unspecified atom stereocenters. The van der Waals surface area contributed by atoms with Gasteiger partial charge in [-0.1, -0.05) is 23.9 Å². The molecule has 2 rings (SSSR count). The maximum absolute atomic E-state index is 12.4. The third-order valence-corrected chi connectivity index (χ3v) is 5.13. The van der Waals surface area contributed by atoms with E-state index in [0.717, 1.165) is 19.4 Å². The van der Waals surface area contributed by atoms with Crippen LogP contribution in [0.3, 0.4) is 0 Å². The second-order valence-electron chi connectivity index (χ2n) is 6.28. The van der Waals surface area contributed by atoms with E-state index in [0.29, 0.717) is 37.0 Å². The first kappa shape index (κ1) is 21.2. The van der Waals surface area contributed by atoms with E-state index in [1.165, 1.54) is 11.8 Å². The van der Waals surface area contributed by atoms with Gasteiger partial charge in [0.2, 0.25) is 11.8 Å². The molecule has 1 saturated heterocycles. The van der Waals surface area contributed by atoms with Crippen LogP contribution in [0, 0.1) is 0 Å². The van der Waals surface area contributed by atoms with Gasteiger partial charge in [0.05, 0.1) is 18.4 Å². The maximum atomic E-state index is 12.4. The van der Waals surface area contributed by atoms with Crippen molar-refractivity contribution < 1.29 is 14.3 Å². The number of carbonyl (C=O) groups is 2. The van der Waals surface area contributed by atoms with E-state index in [1.54, 1.807) is 17.1 Å². The number of amides is 2. The molecule has 1 atom stereocenters. The normalized spacial score (nSPS) is 16.2. The Labute approximate surface area is 163 Å². The molecule has 2 N–H and O–H groups in total. The quantitative estimate of drug-likeness (QED) is 0.422. The summed E-state index contributed by atoms with van der Waals surface area (Å²) in [7, 11) is 0. The van der Waals surface area contributed by atoms with Crippen molar-refractivity contribution in [2.45, 2.75) is 43.5 Å². The smallest absolute Gasteiger partial charge is 0.233 e. The second-order valence-corrected chi connectivity index (χ2v) is 7.22. The van der Waals surface area contributed by atoms with E-state index in [9.17, 15) is 9.59 Å². The lowest BCUT2D eigenvalue weighted by atomic mass is 10.2. The van der Waals surface area contributed by atoms with E-state index < -0.39 is 0 Å². The van der Waals surface area contributed by atoms with Crippen molar-refractivity contribution in [3.05, 3.63) is 31.1 Å². The molecule has 8 nitrogen and oxygen atoms in total. The van der Waals surface area contributed by atoms with Gasteiger partial charge in [0, 0.05) is 32.5 Å². The zero-order valence-corrected chi connectivity index (χ0v) is 16.3. The monoisotopic (exact) mass is 393 g/mol. The van der Waals surface area contributed by atoms with E-state index in [2.05, 4.69) is 23.4 Å². The summed E-state index contributed by atoms with van der Waals surface area (Å²) in [5.74, 6) is 0.523. The van der Waals surface area contributed by atoms with Gasteiger partial charge in [-0.15, -0.1) is 23.4 Å². The minimum absolute atomic E-state index is 0.0230. The highest BCUT2D eigenvalue weighted by atomic mass is 32.2. The molecular weight excluding hydrogens is 366 g/mol. The Kier molecular flexibility index (Phi) is 8.53. The van der Waals surface area contributed by atoms with Gasteiger partial charge in [-0.3, -0.25) is 9.59 Å². The fraction of sp³-hybridized carbons (Fsp3) is 0.556. The van der Waals surface area contributed by atoms with Gasteiger partial charge in [-0.25, -0.2) is 0 Å². The van der Waals surface area contributed by atoms with Crippen molar-refractivity contribution in [3.8, 4) is 0 Å². The first-order valence-corrected chi connectivity index (χ1v) is 9.98. The first-order chi connectivity index (χ1) is 13.0. The molecule has 0 spiro atoms. The summed E-state index contributed by atoms with van der Waals surface area (Å²) in [5, 5.41) is 9.06. The van der Waals surface area contributed by atoms with Gasteiger partial charge in [-0.05, 0) is 12.8 Å². The third-order valence-electron chi connectivity index (χ3n) is 4.18. The Hall–Kier alpha value is -2.13. The molecule has 1 aliphatic rings. The number of carbonyl (C=O) groups excluding carboxylic acids is 2. The number of hydrogen-bond donors (Lipinski definition) is 1. The van der Waals surface area contributed by atoms with Gasteiger partial charge in [0.1, 0.15) is 5.82 Å². The van der Waals surface area contributed by atoms with Gasteiger partial charge in [-0.2, -0.15) is 0 Å². The number of ether oxygens (including phenoxy) is 1. The maximum Gasteiger partial charge on any atom is 0.233 e. The van der Waals surface area contributed by atoms with Crippen LogP contribution < -0.4 is 5.73 Å². The van der Waals surface area contributed by atoms with Crippen molar-refractivity contribution in [3.63, 3.8) is 0 Å². The first-order valence-electron chi connectivity index (χ1n) is 8.99. The zero-order valence-electron chi connectivity index (χ0n) is 15.5. The summed E-state index contributed by atoms with van der Waals surface area (Å²) < 4.78 is 7.66. The van der Waals surface area contributed by atoms with Crippen LogP contribution in [0.5, 0.6) is 0 Å². The van der Waals surface area contributed by atoms with Gasteiger partial charge >= 0.3 is 0 Å². The number of aryl methyl sites for hydroxylation is 1. The average Bonchev–Trinajstić information content (AvgIpc) is 3.28. The summed E-state index contributed by atoms with van der Waals surface area (Å²) in [5.41, 5.74) is 5.26. The second kappa shape index (κ2) is 10.9. The van der Waals surface area contributed by atoms with Crippen LogP contribution in [0.25, 0.3) is 0 Å². The highest BCUT2D eigenvalue weighted by Gasteiger charge is 2.22. The van der Waals surface area contributed by atoms with Gasteiger partial charge < -0.3 is 19.9 Å². The third kappa shape index (κ3) is 6.51. The number of primary amides is 1. The predicted molar refractivity (Wildman–Crippen MR) is 104 cm³/mol. The van der Waals surface area contributed by atoms with E-state index >= 15 is 0 Å².